The van der Waals surface area contributed by atoms with Gasteiger partial charge in [-0.2, -0.15) is 12.6 Å². The first-order chi connectivity index (χ1) is 7.62. The molecule has 0 aromatic carbocycles. The normalized spacial score (nSPS) is 11.3. The Labute approximate surface area is 114 Å². The first-order valence-electron chi connectivity index (χ1n) is 7.05. The molecule has 0 bridgehead atoms. The Morgan fingerprint density at radius 3 is 1.76 bits per heavy atom. The lowest BCUT2D eigenvalue weighted by atomic mass is 10.1. The third-order valence-electron chi connectivity index (χ3n) is 3.29. The SMILES string of the molecule is CCCCCCCCC[N+](C)(C)CCCS.[OH-]. The van der Waals surface area contributed by atoms with Crippen LogP contribution < -0.4 is 0 Å². The van der Waals surface area contributed by atoms with Crippen LogP contribution in [0.3, 0.4) is 0 Å². The van der Waals surface area contributed by atoms with Crippen molar-refractivity contribution in [1.82, 2.24) is 0 Å². The van der Waals surface area contributed by atoms with Gasteiger partial charge in [-0.15, -0.1) is 0 Å². The van der Waals surface area contributed by atoms with Crippen LogP contribution in [0.1, 0.15) is 58.3 Å². The Bertz CT molecular complexity index is 151. The highest BCUT2D eigenvalue weighted by Gasteiger charge is 2.12. The van der Waals surface area contributed by atoms with Crippen molar-refractivity contribution >= 4 is 12.6 Å². The maximum atomic E-state index is 4.28. The highest BCUT2D eigenvalue weighted by atomic mass is 32.1. The molecule has 0 aliphatic carbocycles. The molecule has 0 saturated carbocycles. The number of thiol groups is 1. The molecule has 0 unspecified atom stereocenters. The van der Waals surface area contributed by atoms with E-state index >= 15 is 0 Å². The van der Waals surface area contributed by atoms with Crippen LogP contribution in [0, 0.1) is 0 Å². The minimum atomic E-state index is 0. The Kier molecular flexibility index (Phi) is 14.7. The number of hydrogen-bond donors (Lipinski definition) is 1. The molecule has 0 aromatic heterocycles. The van der Waals surface area contributed by atoms with Gasteiger partial charge in [0.25, 0.3) is 0 Å². The summed E-state index contributed by atoms with van der Waals surface area (Å²) >= 11 is 4.28. The minimum Gasteiger partial charge on any atom is -0.870 e. The Hall–Kier alpha value is 0.270. The first-order valence-corrected chi connectivity index (χ1v) is 7.68. The quantitative estimate of drug-likeness (QED) is 0.341. The van der Waals surface area contributed by atoms with Crippen molar-refractivity contribution in [2.24, 2.45) is 0 Å². The molecule has 0 heterocycles. The fourth-order valence-corrected chi connectivity index (χ4v) is 2.25. The van der Waals surface area contributed by atoms with E-state index in [1.54, 1.807) is 0 Å². The topological polar surface area (TPSA) is 30.0 Å². The maximum Gasteiger partial charge on any atom is 0.0790 e. The van der Waals surface area contributed by atoms with E-state index in [1.807, 2.05) is 0 Å². The second-order valence-electron chi connectivity index (χ2n) is 5.58. The summed E-state index contributed by atoms with van der Waals surface area (Å²) in [6.45, 7) is 4.89. The van der Waals surface area contributed by atoms with Gasteiger partial charge in [-0.05, 0) is 18.6 Å². The highest BCUT2D eigenvalue weighted by Crippen LogP contribution is 2.09. The van der Waals surface area contributed by atoms with Crippen molar-refractivity contribution in [2.75, 3.05) is 32.9 Å². The van der Waals surface area contributed by atoms with E-state index in [1.165, 1.54) is 68.9 Å². The van der Waals surface area contributed by atoms with Crippen molar-refractivity contribution in [2.45, 2.75) is 58.3 Å². The van der Waals surface area contributed by atoms with Crippen LogP contribution in [0.4, 0.5) is 0 Å². The summed E-state index contributed by atoms with van der Waals surface area (Å²) in [5.41, 5.74) is 0. The number of quaternary nitrogens is 1. The zero-order chi connectivity index (χ0) is 12.3. The molecule has 0 amide bonds. The number of nitrogens with zero attached hydrogens (tertiary/aromatic N) is 1. The standard InChI is InChI=1S/C14H31NS.H2O/c1-4-5-6-7-8-9-10-12-15(2,3)13-11-14-16;/h4-14H2,1-3H3;1H2. The smallest absolute Gasteiger partial charge is 0.0790 e. The van der Waals surface area contributed by atoms with E-state index in [-0.39, 0.29) is 5.48 Å². The van der Waals surface area contributed by atoms with Gasteiger partial charge in [-0.1, -0.05) is 39.0 Å². The fraction of sp³-hybridized carbons (Fsp3) is 1.00. The van der Waals surface area contributed by atoms with Crippen LogP contribution >= 0.6 is 12.6 Å². The van der Waals surface area contributed by atoms with E-state index in [0.717, 1.165) is 5.75 Å². The van der Waals surface area contributed by atoms with Gasteiger partial charge in [0.05, 0.1) is 27.2 Å². The molecule has 2 nitrogen and oxygen atoms in total. The zero-order valence-corrected chi connectivity index (χ0v) is 13.0. The molecule has 17 heavy (non-hydrogen) atoms. The Morgan fingerprint density at radius 1 is 0.765 bits per heavy atom. The summed E-state index contributed by atoms with van der Waals surface area (Å²) in [6, 6.07) is 0. The molecule has 0 radical (unpaired) electrons. The summed E-state index contributed by atoms with van der Waals surface area (Å²) in [4.78, 5) is 0. The number of rotatable bonds is 11. The van der Waals surface area contributed by atoms with Gasteiger partial charge in [0.1, 0.15) is 0 Å². The number of hydrogen-bond acceptors (Lipinski definition) is 2. The molecule has 3 heteroatoms. The van der Waals surface area contributed by atoms with Gasteiger partial charge < -0.3 is 9.96 Å². The van der Waals surface area contributed by atoms with E-state index in [0.29, 0.717) is 0 Å². The summed E-state index contributed by atoms with van der Waals surface area (Å²) in [6.07, 6.45) is 11.2. The Balaban J connectivity index is 0. The summed E-state index contributed by atoms with van der Waals surface area (Å²) in [5, 5.41) is 0. The van der Waals surface area contributed by atoms with E-state index < -0.39 is 0 Å². The molecule has 106 valence electrons. The molecule has 1 N–H and O–H groups in total. The molecule has 0 aromatic rings. The molecule has 0 spiro atoms. The van der Waals surface area contributed by atoms with Crippen LogP contribution in [0.15, 0.2) is 0 Å². The van der Waals surface area contributed by atoms with E-state index in [2.05, 4.69) is 33.6 Å². The summed E-state index contributed by atoms with van der Waals surface area (Å²) in [5.74, 6) is 1.03. The van der Waals surface area contributed by atoms with Gasteiger partial charge in [0, 0.05) is 6.42 Å². The van der Waals surface area contributed by atoms with Crippen molar-refractivity contribution in [1.29, 1.82) is 0 Å². The van der Waals surface area contributed by atoms with Gasteiger partial charge >= 0.3 is 0 Å². The lowest BCUT2D eigenvalue weighted by Gasteiger charge is -2.29. The minimum absolute atomic E-state index is 0. The molecule has 0 aliphatic rings. The molecular formula is C14H33NOS. The molecule has 0 atom stereocenters. The van der Waals surface area contributed by atoms with Crippen molar-refractivity contribution in [3.05, 3.63) is 0 Å². The lowest BCUT2D eigenvalue weighted by molar-refractivity contribution is -0.890. The third-order valence-corrected chi connectivity index (χ3v) is 3.60. The van der Waals surface area contributed by atoms with Crippen molar-refractivity contribution in [3.63, 3.8) is 0 Å². The third kappa shape index (κ3) is 14.2. The summed E-state index contributed by atoms with van der Waals surface area (Å²) < 4.78 is 1.18. The second kappa shape index (κ2) is 12.7. The van der Waals surface area contributed by atoms with Crippen LogP contribution in [0.5, 0.6) is 0 Å². The van der Waals surface area contributed by atoms with Crippen LogP contribution in [-0.2, 0) is 0 Å². The van der Waals surface area contributed by atoms with Crippen molar-refractivity contribution in [3.8, 4) is 0 Å². The lowest BCUT2D eigenvalue weighted by Crippen LogP contribution is -2.41. The van der Waals surface area contributed by atoms with Gasteiger partial charge in [-0.25, -0.2) is 0 Å². The van der Waals surface area contributed by atoms with Gasteiger partial charge in [0.2, 0.25) is 0 Å². The molecule has 0 saturated heterocycles. The van der Waals surface area contributed by atoms with E-state index in [4.69, 9.17) is 0 Å². The van der Waals surface area contributed by atoms with Crippen LogP contribution in [-0.4, -0.2) is 42.9 Å². The van der Waals surface area contributed by atoms with Crippen LogP contribution in [0.25, 0.3) is 0 Å². The van der Waals surface area contributed by atoms with Crippen molar-refractivity contribution < 1.29 is 9.96 Å². The molecular weight excluding hydrogens is 230 g/mol. The Morgan fingerprint density at radius 2 is 1.24 bits per heavy atom. The monoisotopic (exact) mass is 263 g/mol. The average Bonchev–Trinajstić information content (AvgIpc) is 2.25. The molecule has 0 fully saturated rings. The number of unbranched alkanes of at least 4 members (excludes halogenated alkanes) is 6. The van der Waals surface area contributed by atoms with Gasteiger partial charge in [-0.3, -0.25) is 0 Å². The van der Waals surface area contributed by atoms with Crippen LogP contribution in [0.2, 0.25) is 0 Å². The second-order valence-corrected chi connectivity index (χ2v) is 6.03. The molecule has 0 rings (SSSR count). The van der Waals surface area contributed by atoms with E-state index in [9.17, 15) is 0 Å². The van der Waals surface area contributed by atoms with Gasteiger partial charge in [0.15, 0.2) is 0 Å². The largest absolute Gasteiger partial charge is 0.870 e. The first kappa shape index (κ1) is 19.6. The maximum absolute atomic E-state index is 4.28. The summed E-state index contributed by atoms with van der Waals surface area (Å²) in [7, 11) is 4.70. The zero-order valence-electron chi connectivity index (χ0n) is 12.1. The highest BCUT2D eigenvalue weighted by molar-refractivity contribution is 7.80. The predicted octanol–water partition coefficient (Wildman–Crippen LogP) is 3.96. The molecule has 0 aliphatic heterocycles. The predicted molar refractivity (Wildman–Crippen MR) is 80.2 cm³/mol. The fourth-order valence-electron chi connectivity index (χ4n) is 2.11. The average molecular weight is 263 g/mol.